The molecule has 16 heavy (non-hydrogen) atoms. The van der Waals surface area contributed by atoms with Crippen molar-refractivity contribution in [2.24, 2.45) is 0 Å². The van der Waals surface area contributed by atoms with Gasteiger partial charge in [-0.25, -0.2) is 0 Å². The van der Waals surface area contributed by atoms with Crippen molar-refractivity contribution in [2.45, 2.75) is 6.42 Å². The zero-order valence-electron chi connectivity index (χ0n) is 8.98. The summed E-state index contributed by atoms with van der Waals surface area (Å²) in [6.45, 7) is 3.64. The maximum absolute atomic E-state index is 4.11. The number of fused-ring (bicyclic) bond motifs is 3. The molecule has 3 rings (SSSR count). The van der Waals surface area contributed by atoms with Gasteiger partial charge in [-0.2, -0.15) is 0 Å². The summed E-state index contributed by atoms with van der Waals surface area (Å²) in [7, 11) is 0. The monoisotopic (exact) mass is 206 g/mol. The van der Waals surface area contributed by atoms with E-state index in [-0.39, 0.29) is 0 Å². The maximum Gasteiger partial charge on any atom is 0.314 e. The molecular formula is C15H12N+. The fourth-order valence-corrected chi connectivity index (χ4v) is 2.27. The van der Waals surface area contributed by atoms with Gasteiger partial charge in [-0.15, -0.1) is 4.67 Å². The molecule has 0 aromatic heterocycles. The Balaban J connectivity index is 2.44. The van der Waals surface area contributed by atoms with Gasteiger partial charge in [-0.1, -0.05) is 42.5 Å². The summed E-state index contributed by atoms with van der Waals surface area (Å²) in [6, 6.07) is 12.7. The van der Waals surface area contributed by atoms with Crippen LogP contribution in [0.15, 0.2) is 42.5 Å². The molecule has 0 fully saturated rings. The molecule has 0 amide bonds. The Morgan fingerprint density at radius 2 is 1.94 bits per heavy atom. The number of hydrogen-bond donors (Lipinski definition) is 0. The van der Waals surface area contributed by atoms with E-state index in [0.717, 1.165) is 12.1 Å². The van der Waals surface area contributed by atoms with Crippen LogP contribution in [0.3, 0.4) is 0 Å². The molecule has 0 spiro atoms. The van der Waals surface area contributed by atoms with E-state index in [1.54, 1.807) is 0 Å². The average molecular weight is 206 g/mol. The molecule has 0 atom stereocenters. The van der Waals surface area contributed by atoms with E-state index in [2.05, 4.69) is 59.9 Å². The van der Waals surface area contributed by atoms with Gasteiger partial charge in [0.1, 0.15) is 0 Å². The van der Waals surface area contributed by atoms with Crippen LogP contribution < -0.4 is 4.67 Å². The highest BCUT2D eigenvalue weighted by molar-refractivity contribution is 6.11. The highest BCUT2D eigenvalue weighted by Gasteiger charge is 2.19. The quantitative estimate of drug-likeness (QED) is 0.465. The van der Waals surface area contributed by atoms with Gasteiger partial charge in [0, 0.05) is 0 Å². The van der Waals surface area contributed by atoms with E-state index in [4.69, 9.17) is 0 Å². The normalized spacial score (nSPS) is 13.6. The van der Waals surface area contributed by atoms with Crippen molar-refractivity contribution in [1.29, 1.82) is 0 Å². The van der Waals surface area contributed by atoms with E-state index in [9.17, 15) is 0 Å². The molecule has 0 bridgehead atoms. The van der Waals surface area contributed by atoms with E-state index in [1.165, 1.54) is 21.9 Å². The van der Waals surface area contributed by atoms with Crippen LogP contribution in [0.4, 0.5) is 0 Å². The van der Waals surface area contributed by atoms with Crippen molar-refractivity contribution in [3.8, 4) is 0 Å². The highest BCUT2D eigenvalue weighted by atomic mass is 14.5. The lowest BCUT2D eigenvalue weighted by molar-refractivity contribution is 1.39. The van der Waals surface area contributed by atoms with Gasteiger partial charge in [-0.3, -0.25) is 0 Å². The van der Waals surface area contributed by atoms with Crippen molar-refractivity contribution in [2.75, 3.05) is 0 Å². The fourth-order valence-electron chi connectivity index (χ4n) is 2.27. The fraction of sp³-hybridized carbons (Fsp3) is 0.0667. The third-order valence-electron chi connectivity index (χ3n) is 3.07. The number of benzene rings is 2. The van der Waals surface area contributed by atoms with Crippen molar-refractivity contribution >= 4 is 29.3 Å². The second-order valence-corrected chi connectivity index (χ2v) is 3.96. The van der Waals surface area contributed by atoms with E-state index in [1.807, 2.05) is 0 Å². The van der Waals surface area contributed by atoms with E-state index < -0.39 is 0 Å². The third-order valence-corrected chi connectivity index (χ3v) is 3.07. The van der Waals surface area contributed by atoms with Gasteiger partial charge >= 0.3 is 5.71 Å². The molecule has 1 heteroatoms. The van der Waals surface area contributed by atoms with Crippen LogP contribution in [0.5, 0.6) is 0 Å². The Kier molecular flexibility index (Phi) is 1.99. The Labute approximate surface area is 94.5 Å². The lowest BCUT2D eigenvalue weighted by Crippen LogP contribution is -2.08. The Hall–Kier alpha value is -2.11. The second-order valence-electron chi connectivity index (χ2n) is 3.96. The van der Waals surface area contributed by atoms with Crippen molar-refractivity contribution in [3.63, 3.8) is 0 Å². The first-order valence-electron chi connectivity index (χ1n) is 5.41. The predicted molar refractivity (Wildman–Crippen MR) is 71.0 cm³/mol. The molecule has 0 N–H and O–H groups in total. The van der Waals surface area contributed by atoms with Gasteiger partial charge in [0.05, 0.1) is 12.0 Å². The molecule has 0 radical (unpaired) electrons. The third kappa shape index (κ3) is 1.23. The highest BCUT2D eigenvalue weighted by Crippen LogP contribution is 2.27. The van der Waals surface area contributed by atoms with E-state index >= 15 is 0 Å². The summed E-state index contributed by atoms with van der Waals surface area (Å²) >= 11 is 0. The van der Waals surface area contributed by atoms with Gasteiger partial charge in [0.2, 0.25) is 0 Å². The molecule has 0 saturated heterocycles. The SMILES string of the molecule is C=[N+]=C1CC=Cc2c1ccc1ccccc21. The summed E-state index contributed by atoms with van der Waals surface area (Å²) in [5.74, 6) is 0. The minimum Gasteiger partial charge on any atom is -0.105 e. The molecule has 76 valence electrons. The largest absolute Gasteiger partial charge is 0.314 e. The van der Waals surface area contributed by atoms with Crippen LogP contribution >= 0.6 is 0 Å². The van der Waals surface area contributed by atoms with Gasteiger partial charge in [-0.05, 0) is 22.4 Å². The molecule has 0 heterocycles. The zero-order chi connectivity index (χ0) is 11.0. The second kappa shape index (κ2) is 3.48. The number of nitrogens with zero attached hydrogens (tertiary/aromatic N) is 1. The first kappa shape index (κ1) is 9.14. The molecule has 0 saturated carbocycles. The first-order chi connectivity index (χ1) is 7.90. The van der Waals surface area contributed by atoms with Gasteiger partial charge < -0.3 is 0 Å². The van der Waals surface area contributed by atoms with E-state index in [0.29, 0.717) is 0 Å². The van der Waals surface area contributed by atoms with Gasteiger partial charge in [0.15, 0.2) is 0 Å². The molecule has 0 aliphatic heterocycles. The summed E-state index contributed by atoms with van der Waals surface area (Å²) in [5.41, 5.74) is 3.56. The van der Waals surface area contributed by atoms with Crippen molar-refractivity contribution < 1.29 is 0 Å². The lowest BCUT2D eigenvalue weighted by atomic mass is 9.91. The number of hydrogen-bond acceptors (Lipinski definition) is 0. The Bertz CT molecular complexity index is 644. The van der Waals surface area contributed by atoms with Crippen LogP contribution in [-0.4, -0.2) is 12.4 Å². The minimum atomic E-state index is 0.884. The molecule has 1 nitrogen and oxygen atoms in total. The van der Waals surface area contributed by atoms with Crippen LogP contribution in [0.2, 0.25) is 0 Å². The zero-order valence-corrected chi connectivity index (χ0v) is 8.98. The topological polar surface area (TPSA) is 14.1 Å². The lowest BCUT2D eigenvalue weighted by Gasteiger charge is -2.09. The van der Waals surface area contributed by atoms with Crippen LogP contribution in [0.1, 0.15) is 17.5 Å². The summed E-state index contributed by atoms with van der Waals surface area (Å²) < 4.78 is 4.11. The molecular weight excluding hydrogens is 194 g/mol. The maximum atomic E-state index is 4.11. The predicted octanol–water partition coefficient (Wildman–Crippen LogP) is 2.81. The van der Waals surface area contributed by atoms with Crippen molar-refractivity contribution in [1.82, 2.24) is 4.67 Å². The summed E-state index contributed by atoms with van der Waals surface area (Å²) in [5, 5.41) is 2.56. The Morgan fingerprint density at radius 3 is 2.81 bits per heavy atom. The number of rotatable bonds is 0. The van der Waals surface area contributed by atoms with Crippen LogP contribution in [0.25, 0.3) is 16.8 Å². The van der Waals surface area contributed by atoms with Crippen molar-refractivity contribution in [3.05, 3.63) is 53.6 Å². The van der Waals surface area contributed by atoms with Gasteiger partial charge in [0.25, 0.3) is 6.72 Å². The number of allylic oxidation sites excluding steroid dienone is 1. The summed E-state index contributed by atoms with van der Waals surface area (Å²) in [6.07, 6.45) is 5.22. The molecule has 1 aliphatic carbocycles. The van der Waals surface area contributed by atoms with Crippen LogP contribution in [0, 0.1) is 0 Å². The standard InChI is InChI=1S/C15H12N/c1-16-15-8-4-7-13-12-6-3-2-5-11(12)9-10-14(13)15/h2-7,9-10H,1,8H2/q+1. The minimum absolute atomic E-state index is 0.884. The van der Waals surface area contributed by atoms with Crippen LogP contribution in [-0.2, 0) is 0 Å². The molecule has 1 aliphatic rings. The molecule has 2 aromatic rings. The average Bonchev–Trinajstić information content (AvgIpc) is 2.37. The first-order valence-corrected chi connectivity index (χ1v) is 5.41. The molecule has 0 unspecified atom stereocenters. The summed E-state index contributed by atoms with van der Waals surface area (Å²) in [4.78, 5) is 0. The molecule has 2 aromatic carbocycles. The Morgan fingerprint density at radius 1 is 1.06 bits per heavy atom. The smallest absolute Gasteiger partial charge is 0.105 e.